The molecule has 1 heterocycles. The van der Waals surface area contributed by atoms with E-state index >= 15 is 0 Å². The van der Waals surface area contributed by atoms with E-state index in [1.807, 2.05) is 6.92 Å². The number of carbonyl (C=O) groups is 2. The molecule has 0 saturated carbocycles. The summed E-state index contributed by atoms with van der Waals surface area (Å²) >= 11 is 0. The van der Waals surface area contributed by atoms with E-state index in [1.54, 1.807) is 0 Å². The van der Waals surface area contributed by atoms with Gasteiger partial charge in [-0.25, -0.2) is 4.79 Å². The average molecular weight is 268 g/mol. The molecule has 0 saturated heterocycles. The van der Waals surface area contributed by atoms with Crippen LogP contribution in [0.5, 0.6) is 5.88 Å². The number of hydrogen-bond acceptors (Lipinski definition) is 4. The molecule has 7 nitrogen and oxygen atoms in total. The number of unbranched alkanes of at least 4 members (excludes halogenated alkanes) is 1. The quantitative estimate of drug-likeness (QED) is 0.597. The second kappa shape index (κ2) is 6.58. The molecule has 0 unspecified atom stereocenters. The van der Waals surface area contributed by atoms with Crippen LogP contribution in [0.3, 0.4) is 0 Å². The van der Waals surface area contributed by atoms with Gasteiger partial charge in [0.05, 0.1) is 5.56 Å². The third kappa shape index (κ3) is 4.46. The first-order valence-corrected chi connectivity index (χ1v) is 5.91. The molecule has 0 bridgehead atoms. The van der Waals surface area contributed by atoms with Crippen molar-refractivity contribution in [3.8, 4) is 5.88 Å². The first-order chi connectivity index (χ1) is 8.93. The van der Waals surface area contributed by atoms with Crippen LogP contribution >= 0.6 is 0 Å². The molecule has 4 N–H and O–H groups in total. The van der Waals surface area contributed by atoms with E-state index in [4.69, 9.17) is 5.11 Å². The van der Waals surface area contributed by atoms with Crippen molar-refractivity contribution in [2.24, 2.45) is 0 Å². The Bertz CT molecular complexity index is 523. The van der Waals surface area contributed by atoms with Gasteiger partial charge in [-0.15, -0.1) is 0 Å². The molecule has 0 fully saturated rings. The number of H-pyrrole nitrogens is 1. The molecular weight excluding hydrogens is 252 g/mol. The highest BCUT2D eigenvalue weighted by molar-refractivity contribution is 5.96. The topological polar surface area (TPSA) is 119 Å². The number of carboxylic acid groups (broad SMARTS) is 1. The van der Waals surface area contributed by atoms with Gasteiger partial charge in [0.25, 0.3) is 11.5 Å². The van der Waals surface area contributed by atoms with Gasteiger partial charge < -0.3 is 15.5 Å². The molecule has 0 aliphatic rings. The zero-order chi connectivity index (χ0) is 14.4. The second-order valence-electron chi connectivity index (χ2n) is 4.13. The summed E-state index contributed by atoms with van der Waals surface area (Å²) in [7, 11) is 0. The van der Waals surface area contributed by atoms with Gasteiger partial charge in [-0.3, -0.25) is 14.6 Å². The van der Waals surface area contributed by atoms with Crippen LogP contribution in [-0.4, -0.2) is 33.1 Å². The minimum atomic E-state index is -1.13. The minimum absolute atomic E-state index is 0.0796. The standard InChI is InChI=1S/C12H16N2O5/c1-2-3-4-8(12(18)19)13-11(17)7-5-9(15)14-10(16)6-7/h5-6,8H,2-4H2,1H3,(H,13,17)(H,18,19)(H2,14,15,16)/t8-/m0/s1. The molecule has 0 aliphatic heterocycles. The zero-order valence-corrected chi connectivity index (χ0v) is 10.5. The average Bonchev–Trinajstić information content (AvgIpc) is 2.32. The van der Waals surface area contributed by atoms with Crippen molar-refractivity contribution >= 4 is 11.9 Å². The molecule has 0 aromatic carbocycles. The summed E-state index contributed by atoms with van der Waals surface area (Å²) in [5, 5.41) is 20.5. The Morgan fingerprint density at radius 3 is 2.63 bits per heavy atom. The Hall–Kier alpha value is -2.31. The van der Waals surface area contributed by atoms with Crippen molar-refractivity contribution in [1.29, 1.82) is 0 Å². The van der Waals surface area contributed by atoms with Crippen LogP contribution in [0.4, 0.5) is 0 Å². The van der Waals surface area contributed by atoms with Gasteiger partial charge in [0.1, 0.15) is 6.04 Å². The molecule has 1 atom stereocenters. The first-order valence-electron chi connectivity index (χ1n) is 5.91. The number of hydrogen-bond donors (Lipinski definition) is 4. The Balaban J connectivity index is 2.81. The van der Waals surface area contributed by atoms with Gasteiger partial charge in [-0.2, -0.15) is 0 Å². The van der Waals surface area contributed by atoms with E-state index in [1.165, 1.54) is 0 Å². The van der Waals surface area contributed by atoms with Crippen LogP contribution in [0.2, 0.25) is 0 Å². The molecule has 104 valence electrons. The SMILES string of the molecule is CCCC[C@H](NC(=O)c1cc(O)[nH]c(=O)c1)C(=O)O. The summed E-state index contributed by atoms with van der Waals surface area (Å²) in [6, 6.07) is 1.05. The van der Waals surface area contributed by atoms with Crippen LogP contribution in [0.25, 0.3) is 0 Å². The zero-order valence-electron chi connectivity index (χ0n) is 10.5. The Morgan fingerprint density at radius 1 is 1.42 bits per heavy atom. The van der Waals surface area contributed by atoms with Gasteiger partial charge in [0.2, 0.25) is 0 Å². The van der Waals surface area contributed by atoms with Crippen LogP contribution in [0.1, 0.15) is 36.5 Å². The number of carboxylic acids is 1. The van der Waals surface area contributed by atoms with Crippen molar-refractivity contribution in [2.75, 3.05) is 0 Å². The summed E-state index contributed by atoms with van der Waals surface area (Å²) < 4.78 is 0. The van der Waals surface area contributed by atoms with E-state index in [0.717, 1.165) is 18.6 Å². The van der Waals surface area contributed by atoms with Gasteiger partial charge >= 0.3 is 5.97 Å². The van der Waals surface area contributed by atoms with E-state index in [0.29, 0.717) is 12.8 Å². The number of rotatable bonds is 6. The number of pyridine rings is 1. The normalized spacial score (nSPS) is 11.8. The van der Waals surface area contributed by atoms with Gasteiger partial charge in [-0.1, -0.05) is 19.8 Å². The summed E-state index contributed by atoms with van der Waals surface area (Å²) in [4.78, 5) is 35.9. The van der Waals surface area contributed by atoms with Crippen LogP contribution in [0, 0.1) is 0 Å². The number of amides is 1. The largest absolute Gasteiger partial charge is 0.494 e. The predicted octanol–water partition coefficient (Wildman–Crippen LogP) is 0.454. The number of nitrogens with one attached hydrogen (secondary N) is 2. The predicted molar refractivity (Wildman–Crippen MR) is 67.1 cm³/mol. The molecule has 1 aromatic heterocycles. The summed E-state index contributed by atoms with van der Waals surface area (Å²) in [5.74, 6) is -2.28. The molecule has 1 rings (SSSR count). The van der Waals surface area contributed by atoms with Crippen molar-refractivity contribution < 1.29 is 19.8 Å². The smallest absolute Gasteiger partial charge is 0.326 e. The van der Waals surface area contributed by atoms with Gasteiger partial charge in [0, 0.05) is 12.1 Å². The lowest BCUT2D eigenvalue weighted by Gasteiger charge is -2.13. The van der Waals surface area contributed by atoms with Gasteiger partial charge in [0.15, 0.2) is 5.88 Å². The van der Waals surface area contributed by atoms with Crippen LogP contribution < -0.4 is 10.9 Å². The maximum atomic E-state index is 11.8. The second-order valence-corrected chi connectivity index (χ2v) is 4.13. The Kier molecular flexibility index (Phi) is 5.11. The molecule has 1 amide bonds. The minimum Gasteiger partial charge on any atom is -0.494 e. The molecule has 0 aliphatic carbocycles. The molecule has 1 aromatic rings. The van der Waals surface area contributed by atoms with E-state index in [9.17, 15) is 19.5 Å². The molecule has 19 heavy (non-hydrogen) atoms. The Labute approximate surface area is 109 Å². The number of aromatic amines is 1. The summed E-state index contributed by atoms with van der Waals surface area (Å²) in [6.07, 6.45) is 1.79. The number of carbonyl (C=O) groups excluding carboxylic acids is 1. The maximum absolute atomic E-state index is 11.8. The lowest BCUT2D eigenvalue weighted by atomic mass is 10.1. The van der Waals surface area contributed by atoms with Gasteiger partial charge in [-0.05, 0) is 6.42 Å². The number of aliphatic carboxylic acids is 1. The van der Waals surface area contributed by atoms with Crippen molar-refractivity contribution in [1.82, 2.24) is 10.3 Å². The molecular formula is C12H16N2O5. The third-order valence-electron chi connectivity index (χ3n) is 2.54. The molecule has 0 radical (unpaired) electrons. The highest BCUT2D eigenvalue weighted by Gasteiger charge is 2.20. The van der Waals surface area contributed by atoms with Crippen LogP contribution in [0.15, 0.2) is 16.9 Å². The molecule has 0 spiro atoms. The fourth-order valence-electron chi connectivity index (χ4n) is 1.57. The summed E-state index contributed by atoms with van der Waals surface area (Å²) in [5.41, 5.74) is -0.713. The Morgan fingerprint density at radius 2 is 2.11 bits per heavy atom. The number of aromatic nitrogens is 1. The lowest BCUT2D eigenvalue weighted by molar-refractivity contribution is -0.139. The van der Waals surface area contributed by atoms with E-state index in [-0.39, 0.29) is 5.56 Å². The lowest BCUT2D eigenvalue weighted by Crippen LogP contribution is -2.41. The maximum Gasteiger partial charge on any atom is 0.326 e. The number of aromatic hydroxyl groups is 1. The monoisotopic (exact) mass is 268 g/mol. The third-order valence-corrected chi connectivity index (χ3v) is 2.54. The highest BCUT2D eigenvalue weighted by atomic mass is 16.4. The highest BCUT2D eigenvalue weighted by Crippen LogP contribution is 2.06. The van der Waals surface area contributed by atoms with Crippen LogP contribution in [-0.2, 0) is 4.79 Å². The van der Waals surface area contributed by atoms with Crippen molar-refractivity contribution in [3.05, 3.63) is 28.0 Å². The first kappa shape index (κ1) is 14.7. The summed E-state index contributed by atoms with van der Waals surface area (Å²) in [6.45, 7) is 1.91. The molecule has 7 heteroatoms. The fraction of sp³-hybridized carbons (Fsp3) is 0.417. The van der Waals surface area contributed by atoms with E-state index < -0.39 is 29.4 Å². The van der Waals surface area contributed by atoms with Crippen molar-refractivity contribution in [3.63, 3.8) is 0 Å². The van der Waals surface area contributed by atoms with E-state index in [2.05, 4.69) is 10.3 Å². The fourth-order valence-corrected chi connectivity index (χ4v) is 1.57. The van der Waals surface area contributed by atoms with Crippen molar-refractivity contribution in [2.45, 2.75) is 32.2 Å².